The number of hydrogen-bond donors (Lipinski definition) is 2. The van der Waals surface area contributed by atoms with Gasteiger partial charge < -0.3 is 10.3 Å². The van der Waals surface area contributed by atoms with Crippen LogP contribution in [-0.4, -0.2) is 16.2 Å². The summed E-state index contributed by atoms with van der Waals surface area (Å²) < 4.78 is 0. The average molecular weight is 87.1 g/mol. The number of aliphatic hydroxyl groups excluding tert-OH is 1. The van der Waals surface area contributed by atoms with Gasteiger partial charge in [-0.1, -0.05) is 0 Å². The Morgan fingerprint density at radius 3 is 2.33 bits per heavy atom. The highest BCUT2D eigenvalue weighted by Gasteiger charge is 1.65. The molecule has 0 aromatic rings. The lowest BCUT2D eigenvalue weighted by Crippen LogP contribution is -1.66. The molecule has 34 valence electrons. The molecule has 0 saturated carbocycles. The predicted molar refractivity (Wildman–Crippen MR) is 21.0 cm³/mol. The smallest absolute Gasteiger partial charge is 0.154 e. The molecule has 2 N–H and O–H groups in total. The Labute approximate surface area is 35.2 Å². The fourth-order valence-electron chi connectivity index (χ4n) is 0.0724. The van der Waals surface area contributed by atoms with Crippen LogP contribution in [0.15, 0.2) is 10.9 Å². The van der Waals surface area contributed by atoms with E-state index in [9.17, 15) is 0 Å². The van der Waals surface area contributed by atoms with Crippen molar-refractivity contribution in [2.75, 3.05) is 0 Å². The van der Waals surface area contributed by atoms with Crippen molar-refractivity contribution >= 4 is 5.87 Å². The number of nitrogens with zero attached hydrogens (tertiary/aromatic N) is 1. The summed E-state index contributed by atoms with van der Waals surface area (Å²) in [4.78, 5) is 0. The topological polar surface area (TPSA) is 52.8 Å². The van der Waals surface area contributed by atoms with Crippen molar-refractivity contribution in [3.63, 3.8) is 0 Å². The van der Waals surface area contributed by atoms with E-state index in [0.717, 1.165) is 0 Å². The quantitative estimate of drug-likeness (QED) is 0.196. The molecule has 0 aromatic carbocycles. The largest absolute Gasteiger partial charge is 0.503 e. The van der Waals surface area contributed by atoms with Crippen molar-refractivity contribution in [1.29, 1.82) is 0 Å². The molecule has 3 heteroatoms. The summed E-state index contributed by atoms with van der Waals surface area (Å²) in [6, 6.07) is 0. The Kier molecular flexibility index (Phi) is 1.93. The summed E-state index contributed by atoms with van der Waals surface area (Å²) in [6.07, 6.45) is 0. The average Bonchev–Trinajstić information content (AvgIpc) is 1.35. The molecule has 0 aromatic heterocycles. The van der Waals surface area contributed by atoms with E-state index in [-0.39, 0.29) is 5.76 Å². The van der Waals surface area contributed by atoms with Gasteiger partial charge in [-0.2, -0.15) is 0 Å². The van der Waals surface area contributed by atoms with Gasteiger partial charge >= 0.3 is 0 Å². The molecular weight excluding hydrogens is 82.0 g/mol. The van der Waals surface area contributed by atoms with Gasteiger partial charge in [-0.05, 0) is 5.16 Å². The first kappa shape index (κ1) is 5.05. The molecule has 0 bridgehead atoms. The highest BCUT2D eigenvalue weighted by Crippen LogP contribution is 1.67. The summed E-state index contributed by atoms with van der Waals surface area (Å²) in [6.45, 7) is 1.36. The summed E-state index contributed by atoms with van der Waals surface area (Å²) in [5.74, 6) is 1.73. The van der Waals surface area contributed by atoms with E-state index in [1.54, 1.807) is 0 Å². The van der Waals surface area contributed by atoms with Gasteiger partial charge in [0.1, 0.15) is 0 Å². The van der Waals surface area contributed by atoms with Crippen molar-refractivity contribution in [3.8, 4) is 0 Å². The number of rotatable bonds is 0. The highest BCUT2D eigenvalue weighted by atomic mass is 16.4. The van der Waals surface area contributed by atoms with Crippen LogP contribution in [0.2, 0.25) is 0 Å². The van der Waals surface area contributed by atoms with E-state index >= 15 is 0 Å². The standard InChI is InChI=1S/C3H5NO2/c1-3(5)2-4-6/h5-6H,1H3. The first-order chi connectivity index (χ1) is 2.77. The second kappa shape index (κ2) is 2.30. The van der Waals surface area contributed by atoms with Gasteiger partial charge in [-0.3, -0.25) is 0 Å². The summed E-state index contributed by atoms with van der Waals surface area (Å²) >= 11 is 0. The van der Waals surface area contributed by atoms with Crippen molar-refractivity contribution in [1.82, 2.24) is 0 Å². The molecule has 0 unspecified atom stereocenters. The fraction of sp³-hybridized carbons (Fsp3) is 0.333. The molecule has 0 atom stereocenters. The number of allylic oxidation sites excluding steroid dienone is 1. The van der Waals surface area contributed by atoms with Crippen molar-refractivity contribution in [3.05, 3.63) is 5.76 Å². The van der Waals surface area contributed by atoms with E-state index in [1.807, 2.05) is 5.87 Å². The SMILES string of the molecule is CC(O)=C=NO. The normalized spacial score (nSPS) is 6.17. The van der Waals surface area contributed by atoms with Crippen LogP contribution in [-0.2, 0) is 0 Å². The van der Waals surface area contributed by atoms with Crippen LogP contribution >= 0.6 is 0 Å². The third-order valence-electron chi connectivity index (χ3n) is 0.212. The summed E-state index contributed by atoms with van der Waals surface area (Å²) in [5, 5.41) is 18.1. The first-order valence-electron chi connectivity index (χ1n) is 1.40. The lowest BCUT2D eigenvalue weighted by Gasteiger charge is -1.69. The molecule has 3 nitrogen and oxygen atoms in total. The first-order valence-corrected chi connectivity index (χ1v) is 1.40. The van der Waals surface area contributed by atoms with Gasteiger partial charge in [-0.25, -0.2) is 0 Å². The lowest BCUT2D eigenvalue weighted by molar-refractivity contribution is 0.320. The monoisotopic (exact) mass is 87.0 g/mol. The van der Waals surface area contributed by atoms with E-state index < -0.39 is 0 Å². The Bertz CT molecular complexity index is 87.0. The Morgan fingerprint density at radius 1 is 1.83 bits per heavy atom. The van der Waals surface area contributed by atoms with E-state index in [1.165, 1.54) is 6.92 Å². The minimum atomic E-state index is -0.127. The molecule has 0 amide bonds. The zero-order chi connectivity index (χ0) is 4.99. The molecule has 0 heterocycles. The molecule has 0 aliphatic rings. The molecule has 0 saturated heterocycles. The molecule has 0 aliphatic carbocycles. The zero-order valence-corrected chi connectivity index (χ0v) is 3.34. The maximum atomic E-state index is 8.10. The van der Waals surface area contributed by atoms with Crippen LogP contribution < -0.4 is 0 Å². The lowest BCUT2D eigenvalue weighted by atomic mass is 10.7. The molecule has 0 spiro atoms. The van der Waals surface area contributed by atoms with Crippen LogP contribution in [0.5, 0.6) is 0 Å². The van der Waals surface area contributed by atoms with Crippen LogP contribution in [0.4, 0.5) is 0 Å². The minimum absolute atomic E-state index is 0.127. The maximum absolute atomic E-state index is 8.10. The van der Waals surface area contributed by atoms with Crippen LogP contribution in [0.25, 0.3) is 0 Å². The Hall–Kier alpha value is -0.950. The van der Waals surface area contributed by atoms with Crippen LogP contribution in [0.3, 0.4) is 0 Å². The summed E-state index contributed by atoms with van der Waals surface area (Å²) in [5.41, 5.74) is 0. The Balaban J connectivity index is 3.73. The molecule has 0 rings (SSSR count). The van der Waals surface area contributed by atoms with Crippen molar-refractivity contribution in [2.24, 2.45) is 5.16 Å². The van der Waals surface area contributed by atoms with Gasteiger partial charge in [0.2, 0.25) is 0 Å². The molecule has 0 aliphatic heterocycles. The van der Waals surface area contributed by atoms with Gasteiger partial charge in [0.25, 0.3) is 0 Å². The Morgan fingerprint density at radius 2 is 2.33 bits per heavy atom. The van der Waals surface area contributed by atoms with Crippen molar-refractivity contribution in [2.45, 2.75) is 6.92 Å². The highest BCUT2D eigenvalue weighted by molar-refractivity contribution is 5.52. The fourth-order valence-corrected chi connectivity index (χ4v) is 0.0724. The molecule has 6 heavy (non-hydrogen) atoms. The third kappa shape index (κ3) is 3.05. The second-order valence-electron chi connectivity index (χ2n) is 0.797. The van der Waals surface area contributed by atoms with E-state index in [2.05, 4.69) is 5.16 Å². The maximum Gasteiger partial charge on any atom is 0.154 e. The number of hydrogen-bond acceptors (Lipinski definition) is 3. The predicted octanol–water partition coefficient (Wildman–Crippen LogP) is 0.507. The van der Waals surface area contributed by atoms with Gasteiger partial charge in [-0.15, -0.1) is 0 Å². The molecular formula is C3H5NO2. The van der Waals surface area contributed by atoms with Crippen LogP contribution in [0.1, 0.15) is 6.92 Å². The number of aliphatic hydroxyl groups is 1. The molecule has 0 radical (unpaired) electrons. The van der Waals surface area contributed by atoms with E-state index in [0.29, 0.717) is 0 Å². The van der Waals surface area contributed by atoms with Gasteiger partial charge in [0.15, 0.2) is 5.76 Å². The summed E-state index contributed by atoms with van der Waals surface area (Å²) in [7, 11) is 0. The van der Waals surface area contributed by atoms with Gasteiger partial charge in [0.05, 0.1) is 5.87 Å². The zero-order valence-electron chi connectivity index (χ0n) is 3.34. The van der Waals surface area contributed by atoms with Crippen molar-refractivity contribution < 1.29 is 10.3 Å². The molecule has 0 fully saturated rings. The third-order valence-corrected chi connectivity index (χ3v) is 0.212. The minimum Gasteiger partial charge on any atom is -0.503 e. The second-order valence-corrected chi connectivity index (χ2v) is 0.797. The van der Waals surface area contributed by atoms with E-state index in [4.69, 9.17) is 10.3 Å². The van der Waals surface area contributed by atoms with Crippen LogP contribution in [0, 0.1) is 0 Å². The van der Waals surface area contributed by atoms with Gasteiger partial charge in [0, 0.05) is 6.92 Å².